The number of hydrogen-bond acceptors (Lipinski definition) is 5. The van der Waals surface area contributed by atoms with Gasteiger partial charge in [-0.1, -0.05) is 0 Å². The molecule has 0 aromatic carbocycles. The highest BCUT2D eigenvalue weighted by atomic mass is 16.5. The van der Waals surface area contributed by atoms with Crippen molar-refractivity contribution in [2.45, 2.75) is 0 Å². The summed E-state index contributed by atoms with van der Waals surface area (Å²) in [4.78, 5) is 26.9. The molecule has 2 rings (SSSR count). The van der Waals surface area contributed by atoms with Gasteiger partial charge in [0.1, 0.15) is 0 Å². The number of carbonyl (C=O) groups is 2. The fourth-order valence-corrected chi connectivity index (χ4v) is 2.12. The molecule has 1 aliphatic heterocycles. The number of amides is 2. The molecule has 0 radical (unpaired) electrons. The molecule has 0 atom stereocenters. The van der Waals surface area contributed by atoms with Gasteiger partial charge in [0.25, 0.3) is 5.91 Å². The van der Waals surface area contributed by atoms with E-state index in [1.807, 2.05) is 0 Å². The van der Waals surface area contributed by atoms with Crippen LogP contribution < -0.4 is 5.32 Å². The highest BCUT2D eigenvalue weighted by molar-refractivity contribution is 5.91. The van der Waals surface area contributed by atoms with E-state index in [-0.39, 0.29) is 5.91 Å². The standard InChI is InChI=1S/C13H19N3O4/c1-19-13(18)14-4-5-15-6-8-16(9-7-15)12(17)11-3-2-10-20-11/h2-3,10H,4-9H2,1H3,(H,14,18). The quantitative estimate of drug-likeness (QED) is 0.864. The van der Waals surface area contributed by atoms with E-state index in [1.54, 1.807) is 17.0 Å². The lowest BCUT2D eigenvalue weighted by atomic mass is 10.3. The van der Waals surface area contributed by atoms with E-state index in [2.05, 4.69) is 15.0 Å². The van der Waals surface area contributed by atoms with Crippen molar-refractivity contribution >= 4 is 12.0 Å². The summed E-state index contributed by atoms with van der Waals surface area (Å²) in [6.07, 6.45) is 1.08. The molecule has 0 bridgehead atoms. The van der Waals surface area contributed by atoms with Crippen molar-refractivity contribution in [1.29, 1.82) is 0 Å². The Bertz CT molecular complexity index is 438. The first kappa shape index (κ1) is 14.4. The molecule has 2 heterocycles. The van der Waals surface area contributed by atoms with Gasteiger partial charge in [-0.15, -0.1) is 0 Å². The molecule has 1 aromatic heterocycles. The zero-order valence-electron chi connectivity index (χ0n) is 11.5. The topological polar surface area (TPSA) is 75.0 Å². The van der Waals surface area contributed by atoms with Gasteiger partial charge in [0, 0.05) is 39.3 Å². The molecule has 20 heavy (non-hydrogen) atoms. The second kappa shape index (κ2) is 6.95. The molecular formula is C13H19N3O4. The van der Waals surface area contributed by atoms with E-state index in [1.165, 1.54) is 13.4 Å². The van der Waals surface area contributed by atoms with Gasteiger partial charge in [-0.3, -0.25) is 9.69 Å². The number of methoxy groups -OCH3 is 1. The van der Waals surface area contributed by atoms with Crippen LogP contribution in [0.1, 0.15) is 10.6 Å². The molecule has 1 fully saturated rings. The van der Waals surface area contributed by atoms with Crippen molar-refractivity contribution in [2.75, 3.05) is 46.4 Å². The van der Waals surface area contributed by atoms with Crippen LogP contribution in [0, 0.1) is 0 Å². The van der Waals surface area contributed by atoms with Gasteiger partial charge in [-0.25, -0.2) is 4.79 Å². The lowest BCUT2D eigenvalue weighted by Crippen LogP contribution is -2.50. The van der Waals surface area contributed by atoms with Crippen LogP contribution in [0.2, 0.25) is 0 Å². The fraction of sp³-hybridized carbons (Fsp3) is 0.538. The number of nitrogens with zero attached hydrogens (tertiary/aromatic N) is 2. The molecule has 1 saturated heterocycles. The predicted molar refractivity (Wildman–Crippen MR) is 71.5 cm³/mol. The van der Waals surface area contributed by atoms with E-state index in [9.17, 15) is 9.59 Å². The van der Waals surface area contributed by atoms with Gasteiger partial charge in [0.15, 0.2) is 5.76 Å². The number of carbonyl (C=O) groups excluding carboxylic acids is 2. The van der Waals surface area contributed by atoms with Gasteiger partial charge < -0.3 is 19.4 Å². The fourth-order valence-electron chi connectivity index (χ4n) is 2.12. The van der Waals surface area contributed by atoms with E-state index < -0.39 is 6.09 Å². The van der Waals surface area contributed by atoms with Gasteiger partial charge in [0.05, 0.1) is 13.4 Å². The van der Waals surface area contributed by atoms with Gasteiger partial charge >= 0.3 is 6.09 Å². The third-order valence-corrected chi connectivity index (χ3v) is 3.27. The van der Waals surface area contributed by atoms with Crippen molar-refractivity contribution in [3.05, 3.63) is 24.2 Å². The number of hydrogen-bond donors (Lipinski definition) is 1. The summed E-state index contributed by atoms with van der Waals surface area (Å²) < 4.78 is 9.61. The van der Waals surface area contributed by atoms with Crippen LogP contribution >= 0.6 is 0 Å². The summed E-state index contributed by atoms with van der Waals surface area (Å²) >= 11 is 0. The molecule has 0 aliphatic carbocycles. The number of nitrogens with one attached hydrogen (secondary N) is 1. The Kier molecular flexibility index (Phi) is 5.00. The summed E-state index contributed by atoms with van der Waals surface area (Å²) in [5.41, 5.74) is 0. The Morgan fingerprint density at radius 2 is 2.10 bits per heavy atom. The average molecular weight is 281 g/mol. The van der Waals surface area contributed by atoms with Crippen molar-refractivity contribution in [3.63, 3.8) is 0 Å². The minimum atomic E-state index is -0.420. The normalized spacial score (nSPS) is 15.9. The predicted octanol–water partition coefficient (Wildman–Crippen LogP) is 0.393. The maximum atomic E-state index is 12.0. The summed E-state index contributed by atoms with van der Waals surface area (Å²) in [5, 5.41) is 2.64. The van der Waals surface area contributed by atoms with E-state index >= 15 is 0 Å². The van der Waals surface area contributed by atoms with Crippen molar-refractivity contribution in [3.8, 4) is 0 Å². The number of ether oxygens (including phenoxy) is 1. The first-order chi connectivity index (χ1) is 9.70. The third-order valence-electron chi connectivity index (χ3n) is 3.27. The SMILES string of the molecule is COC(=O)NCCN1CCN(C(=O)c2ccco2)CC1. The number of alkyl carbamates (subject to hydrolysis) is 1. The molecule has 0 spiro atoms. The number of piperazine rings is 1. The highest BCUT2D eigenvalue weighted by Crippen LogP contribution is 2.08. The molecule has 110 valence electrons. The third kappa shape index (κ3) is 3.74. The minimum Gasteiger partial charge on any atom is -0.459 e. The molecular weight excluding hydrogens is 262 g/mol. The minimum absolute atomic E-state index is 0.0673. The van der Waals surface area contributed by atoms with Crippen LogP contribution in [0.4, 0.5) is 4.79 Å². The summed E-state index contributed by atoms with van der Waals surface area (Å²) in [6.45, 7) is 4.19. The Morgan fingerprint density at radius 1 is 1.35 bits per heavy atom. The maximum Gasteiger partial charge on any atom is 0.406 e. The van der Waals surface area contributed by atoms with E-state index in [0.29, 0.717) is 25.4 Å². The lowest BCUT2D eigenvalue weighted by molar-refractivity contribution is 0.0608. The molecule has 7 nitrogen and oxygen atoms in total. The second-order valence-electron chi connectivity index (χ2n) is 4.53. The Labute approximate surface area is 117 Å². The zero-order valence-corrected chi connectivity index (χ0v) is 11.5. The van der Waals surface area contributed by atoms with Crippen molar-refractivity contribution in [1.82, 2.24) is 15.1 Å². The first-order valence-electron chi connectivity index (χ1n) is 6.57. The van der Waals surface area contributed by atoms with Crippen molar-refractivity contribution < 1.29 is 18.7 Å². The Hall–Kier alpha value is -2.02. The van der Waals surface area contributed by atoms with Crippen LogP contribution in [0.25, 0.3) is 0 Å². The average Bonchev–Trinajstić information content (AvgIpc) is 3.01. The monoisotopic (exact) mass is 281 g/mol. The van der Waals surface area contributed by atoms with Crippen LogP contribution in [0.5, 0.6) is 0 Å². The largest absolute Gasteiger partial charge is 0.459 e. The highest BCUT2D eigenvalue weighted by Gasteiger charge is 2.23. The zero-order chi connectivity index (χ0) is 14.4. The molecule has 1 N–H and O–H groups in total. The van der Waals surface area contributed by atoms with E-state index in [4.69, 9.17) is 4.42 Å². The first-order valence-corrected chi connectivity index (χ1v) is 6.57. The van der Waals surface area contributed by atoms with Crippen LogP contribution in [0.3, 0.4) is 0 Å². The lowest BCUT2D eigenvalue weighted by Gasteiger charge is -2.34. The maximum absolute atomic E-state index is 12.0. The molecule has 1 aliphatic rings. The molecule has 0 saturated carbocycles. The van der Waals surface area contributed by atoms with Crippen LogP contribution in [-0.4, -0.2) is 68.2 Å². The van der Waals surface area contributed by atoms with E-state index in [0.717, 1.165) is 19.6 Å². The van der Waals surface area contributed by atoms with Crippen molar-refractivity contribution in [2.24, 2.45) is 0 Å². The summed E-state index contributed by atoms with van der Waals surface area (Å²) in [5.74, 6) is 0.313. The smallest absolute Gasteiger partial charge is 0.406 e. The number of furan rings is 1. The molecule has 2 amide bonds. The summed E-state index contributed by atoms with van der Waals surface area (Å²) in [6, 6.07) is 3.39. The van der Waals surface area contributed by atoms with Gasteiger partial charge in [-0.05, 0) is 12.1 Å². The van der Waals surface area contributed by atoms with Gasteiger partial charge in [0.2, 0.25) is 0 Å². The second-order valence-corrected chi connectivity index (χ2v) is 4.53. The number of rotatable bonds is 4. The van der Waals surface area contributed by atoms with Crippen LogP contribution in [0.15, 0.2) is 22.8 Å². The Balaban J connectivity index is 1.70. The van der Waals surface area contributed by atoms with Crippen LogP contribution in [-0.2, 0) is 4.74 Å². The molecule has 0 unspecified atom stereocenters. The Morgan fingerprint density at radius 3 is 2.70 bits per heavy atom. The molecule has 7 heteroatoms. The van der Waals surface area contributed by atoms with Gasteiger partial charge in [-0.2, -0.15) is 0 Å². The molecule has 1 aromatic rings. The summed E-state index contributed by atoms with van der Waals surface area (Å²) in [7, 11) is 1.34.